The van der Waals surface area contributed by atoms with Gasteiger partial charge in [0.25, 0.3) is 0 Å². The van der Waals surface area contributed by atoms with Crippen LogP contribution in [0.3, 0.4) is 0 Å². The molecule has 3 rings (SSSR count). The third-order valence-electron chi connectivity index (χ3n) is 3.60. The molecule has 0 amide bonds. The Bertz CT molecular complexity index is 582. The molecule has 1 aromatic carbocycles. The maximum atomic E-state index is 12.2. The van der Waals surface area contributed by atoms with Gasteiger partial charge in [0.2, 0.25) is 5.78 Å². The van der Waals surface area contributed by atoms with E-state index in [1.807, 2.05) is 29.2 Å². The van der Waals surface area contributed by atoms with Crippen LogP contribution in [0, 0.1) is 0 Å². The molecule has 0 saturated carbocycles. The average Bonchev–Trinajstić information content (AvgIpc) is 2.92. The Hall–Kier alpha value is -1.65. The van der Waals surface area contributed by atoms with Crippen LogP contribution in [0.4, 0.5) is 0 Å². The molecule has 1 atom stereocenters. The molecule has 1 aliphatic heterocycles. The number of hydrogen-bond acceptors (Lipinski definition) is 4. The summed E-state index contributed by atoms with van der Waals surface area (Å²) < 4.78 is 5.55. The molecule has 0 radical (unpaired) electrons. The Kier molecular flexibility index (Phi) is 2.92. The SMILES string of the molecule is CC1(O)CCN(CC(=O)c2cc3ccccc3o2)C1. The van der Waals surface area contributed by atoms with Crippen LogP contribution < -0.4 is 0 Å². The van der Waals surface area contributed by atoms with Crippen molar-refractivity contribution in [2.24, 2.45) is 0 Å². The van der Waals surface area contributed by atoms with Gasteiger partial charge in [-0.25, -0.2) is 0 Å². The summed E-state index contributed by atoms with van der Waals surface area (Å²) in [6.45, 7) is 3.40. The van der Waals surface area contributed by atoms with Gasteiger partial charge in [0.15, 0.2) is 5.76 Å². The molecule has 4 heteroatoms. The smallest absolute Gasteiger partial charge is 0.211 e. The monoisotopic (exact) mass is 259 g/mol. The summed E-state index contributed by atoms with van der Waals surface area (Å²) in [5.41, 5.74) is 0.0630. The van der Waals surface area contributed by atoms with E-state index >= 15 is 0 Å². The number of rotatable bonds is 3. The number of ketones is 1. The fraction of sp³-hybridized carbons (Fsp3) is 0.400. The third kappa shape index (κ3) is 2.55. The minimum Gasteiger partial charge on any atom is -0.453 e. The van der Waals surface area contributed by atoms with Crippen molar-refractivity contribution < 1.29 is 14.3 Å². The van der Waals surface area contributed by atoms with Gasteiger partial charge in [-0.05, 0) is 25.5 Å². The lowest BCUT2D eigenvalue weighted by Crippen LogP contribution is -2.32. The van der Waals surface area contributed by atoms with E-state index in [9.17, 15) is 9.90 Å². The van der Waals surface area contributed by atoms with E-state index in [1.54, 1.807) is 13.0 Å². The van der Waals surface area contributed by atoms with Crippen molar-refractivity contribution in [2.45, 2.75) is 18.9 Å². The molecule has 100 valence electrons. The van der Waals surface area contributed by atoms with Crippen molar-refractivity contribution in [3.63, 3.8) is 0 Å². The summed E-state index contributed by atoms with van der Waals surface area (Å²) in [7, 11) is 0. The van der Waals surface area contributed by atoms with Crippen molar-refractivity contribution in [1.29, 1.82) is 0 Å². The minimum absolute atomic E-state index is 0.0334. The molecule has 0 bridgehead atoms. The summed E-state index contributed by atoms with van der Waals surface area (Å²) in [6.07, 6.45) is 0.709. The third-order valence-corrected chi connectivity index (χ3v) is 3.60. The Morgan fingerprint density at radius 1 is 1.47 bits per heavy atom. The van der Waals surface area contributed by atoms with Crippen molar-refractivity contribution in [2.75, 3.05) is 19.6 Å². The molecular weight excluding hydrogens is 242 g/mol. The molecule has 2 heterocycles. The normalized spacial score (nSPS) is 24.1. The highest BCUT2D eigenvalue weighted by atomic mass is 16.3. The number of benzene rings is 1. The topological polar surface area (TPSA) is 53.7 Å². The fourth-order valence-corrected chi connectivity index (χ4v) is 2.57. The van der Waals surface area contributed by atoms with Gasteiger partial charge in [0.1, 0.15) is 5.58 Å². The largest absolute Gasteiger partial charge is 0.453 e. The summed E-state index contributed by atoms with van der Waals surface area (Å²) in [4.78, 5) is 14.1. The molecular formula is C15H17NO3. The molecule has 1 unspecified atom stereocenters. The number of β-amino-alcohol motifs (C(OH)–C–C–N with tert-alkyl or cyclic N) is 1. The fourth-order valence-electron chi connectivity index (χ4n) is 2.57. The number of Topliss-reactive ketones (excluding diaryl/α,β-unsaturated/α-hetero) is 1. The minimum atomic E-state index is -0.672. The van der Waals surface area contributed by atoms with Crippen LogP contribution in [0.5, 0.6) is 0 Å². The van der Waals surface area contributed by atoms with Crippen LogP contribution in [0.25, 0.3) is 11.0 Å². The highest BCUT2D eigenvalue weighted by Crippen LogP contribution is 2.22. The van der Waals surface area contributed by atoms with Crippen LogP contribution >= 0.6 is 0 Å². The number of carbonyl (C=O) groups is 1. The van der Waals surface area contributed by atoms with Crippen molar-refractivity contribution in [1.82, 2.24) is 4.90 Å². The standard InChI is InChI=1S/C15H17NO3/c1-15(18)6-7-16(10-15)9-12(17)14-8-11-4-2-3-5-13(11)19-14/h2-5,8,18H,6-7,9-10H2,1H3. The lowest BCUT2D eigenvalue weighted by molar-refractivity contribution is 0.0664. The second-order valence-electron chi connectivity index (χ2n) is 5.53. The van der Waals surface area contributed by atoms with Crippen molar-refractivity contribution in [3.05, 3.63) is 36.1 Å². The van der Waals surface area contributed by atoms with Crippen molar-refractivity contribution in [3.8, 4) is 0 Å². The Balaban J connectivity index is 1.74. The Labute approximate surface area is 111 Å². The van der Waals surface area contributed by atoms with E-state index in [4.69, 9.17) is 4.42 Å². The molecule has 4 nitrogen and oxygen atoms in total. The molecule has 1 N–H and O–H groups in total. The predicted molar refractivity (Wildman–Crippen MR) is 72.2 cm³/mol. The number of furan rings is 1. The van der Waals surface area contributed by atoms with E-state index in [-0.39, 0.29) is 5.78 Å². The lowest BCUT2D eigenvalue weighted by Gasteiger charge is -2.17. The zero-order chi connectivity index (χ0) is 13.5. The van der Waals surface area contributed by atoms with E-state index in [0.29, 0.717) is 25.3 Å². The number of fused-ring (bicyclic) bond motifs is 1. The molecule has 2 aromatic rings. The summed E-state index contributed by atoms with van der Waals surface area (Å²) in [5, 5.41) is 10.8. The van der Waals surface area contributed by atoms with Crippen molar-refractivity contribution >= 4 is 16.8 Å². The quantitative estimate of drug-likeness (QED) is 0.857. The zero-order valence-corrected chi connectivity index (χ0v) is 10.9. The first kappa shape index (κ1) is 12.4. The zero-order valence-electron chi connectivity index (χ0n) is 10.9. The second-order valence-corrected chi connectivity index (χ2v) is 5.53. The molecule has 19 heavy (non-hydrogen) atoms. The van der Waals surface area contributed by atoms with Gasteiger partial charge < -0.3 is 9.52 Å². The number of hydrogen-bond donors (Lipinski definition) is 1. The average molecular weight is 259 g/mol. The van der Waals surface area contributed by atoms with E-state index < -0.39 is 5.60 Å². The number of aliphatic hydroxyl groups is 1. The number of carbonyl (C=O) groups excluding carboxylic acids is 1. The van der Waals surface area contributed by atoms with Gasteiger partial charge in [0.05, 0.1) is 12.1 Å². The first-order valence-corrected chi connectivity index (χ1v) is 6.50. The van der Waals surface area contributed by atoms with E-state index in [1.165, 1.54) is 0 Å². The molecule has 1 saturated heterocycles. The van der Waals surface area contributed by atoms with Crippen LogP contribution in [0.15, 0.2) is 34.7 Å². The molecule has 1 fully saturated rings. The molecule has 1 aromatic heterocycles. The highest BCUT2D eigenvalue weighted by Gasteiger charge is 2.32. The van der Waals surface area contributed by atoms with Gasteiger partial charge in [-0.1, -0.05) is 18.2 Å². The summed E-state index contributed by atoms with van der Waals surface area (Å²) in [5.74, 6) is 0.363. The van der Waals surface area contributed by atoms with Gasteiger partial charge >= 0.3 is 0 Å². The number of likely N-dealkylation sites (tertiary alicyclic amines) is 1. The summed E-state index contributed by atoms with van der Waals surface area (Å²) >= 11 is 0. The Morgan fingerprint density at radius 3 is 2.95 bits per heavy atom. The van der Waals surface area contributed by atoms with Gasteiger partial charge in [-0.3, -0.25) is 9.69 Å². The van der Waals surface area contributed by atoms with Gasteiger partial charge in [-0.2, -0.15) is 0 Å². The van der Waals surface area contributed by atoms with Gasteiger partial charge in [0, 0.05) is 18.5 Å². The lowest BCUT2D eigenvalue weighted by atomic mass is 10.1. The number of para-hydroxylation sites is 1. The maximum Gasteiger partial charge on any atom is 0.211 e. The summed E-state index contributed by atoms with van der Waals surface area (Å²) in [6, 6.07) is 9.37. The molecule has 0 aliphatic carbocycles. The Morgan fingerprint density at radius 2 is 2.26 bits per heavy atom. The van der Waals surface area contributed by atoms with E-state index in [0.717, 1.165) is 17.5 Å². The second kappa shape index (κ2) is 4.47. The maximum absolute atomic E-state index is 12.2. The predicted octanol–water partition coefficient (Wildman–Crippen LogP) is 2.07. The van der Waals surface area contributed by atoms with Crippen LogP contribution in [-0.4, -0.2) is 41.0 Å². The number of nitrogens with zero attached hydrogens (tertiary/aromatic N) is 1. The first-order chi connectivity index (χ1) is 9.03. The van der Waals surface area contributed by atoms with Crippen LogP contribution in [-0.2, 0) is 0 Å². The van der Waals surface area contributed by atoms with Crippen LogP contribution in [0.1, 0.15) is 23.9 Å². The molecule has 0 spiro atoms. The van der Waals surface area contributed by atoms with E-state index in [2.05, 4.69) is 0 Å². The van der Waals surface area contributed by atoms with Crippen LogP contribution in [0.2, 0.25) is 0 Å². The van der Waals surface area contributed by atoms with Gasteiger partial charge in [-0.15, -0.1) is 0 Å². The molecule has 1 aliphatic rings. The first-order valence-electron chi connectivity index (χ1n) is 6.50. The highest BCUT2D eigenvalue weighted by molar-refractivity contribution is 5.98.